The lowest BCUT2D eigenvalue weighted by Crippen LogP contribution is -2.40. The summed E-state index contributed by atoms with van der Waals surface area (Å²) in [7, 11) is 0. The van der Waals surface area contributed by atoms with Gasteiger partial charge >= 0.3 is 12.1 Å². The topological polar surface area (TPSA) is 95.9 Å². The summed E-state index contributed by atoms with van der Waals surface area (Å²) < 4.78 is 5.17. The summed E-state index contributed by atoms with van der Waals surface area (Å²) in [4.78, 5) is 23.3. The van der Waals surface area contributed by atoms with Crippen LogP contribution >= 0.6 is 0 Å². The highest BCUT2D eigenvalue weighted by molar-refractivity contribution is 5.76. The van der Waals surface area contributed by atoms with Gasteiger partial charge in [-0.2, -0.15) is 0 Å². The molecule has 3 atom stereocenters. The standard InChI is InChI=1S/C15H27NO5/c1-5-6-7-15(12(18)19)9-10(8-11(15)17)16-13(20)21-14(2,3)4/h10-11,17H,5-9H2,1-4H3,(H,16,20)(H,18,19). The molecule has 1 aliphatic rings. The largest absolute Gasteiger partial charge is 0.481 e. The molecule has 1 amide bonds. The van der Waals surface area contributed by atoms with E-state index >= 15 is 0 Å². The molecule has 1 rings (SSSR count). The van der Waals surface area contributed by atoms with Crippen LogP contribution in [0, 0.1) is 5.41 Å². The molecule has 0 saturated heterocycles. The molecular formula is C15H27NO5. The minimum atomic E-state index is -1.16. The number of carbonyl (C=O) groups excluding carboxylic acids is 1. The Kier molecular flexibility index (Phi) is 5.61. The van der Waals surface area contributed by atoms with Crippen LogP contribution in [0.1, 0.15) is 59.8 Å². The molecule has 0 aromatic rings. The summed E-state index contributed by atoms with van der Waals surface area (Å²) in [5.41, 5.74) is -1.76. The molecule has 1 aliphatic carbocycles. The molecule has 6 nitrogen and oxygen atoms in total. The van der Waals surface area contributed by atoms with Crippen LogP contribution in [0.5, 0.6) is 0 Å². The molecule has 0 aliphatic heterocycles. The van der Waals surface area contributed by atoms with E-state index in [1.165, 1.54) is 0 Å². The van der Waals surface area contributed by atoms with Gasteiger partial charge in [0.2, 0.25) is 0 Å². The monoisotopic (exact) mass is 301 g/mol. The molecule has 0 radical (unpaired) electrons. The molecule has 0 bridgehead atoms. The number of ether oxygens (including phenoxy) is 1. The summed E-state index contributed by atoms with van der Waals surface area (Å²) in [6, 6.07) is -0.372. The van der Waals surface area contributed by atoms with Crippen molar-refractivity contribution in [3.8, 4) is 0 Å². The third-order valence-electron chi connectivity index (χ3n) is 3.88. The van der Waals surface area contributed by atoms with Crippen molar-refractivity contribution in [2.45, 2.75) is 77.5 Å². The Balaban J connectivity index is 2.69. The van der Waals surface area contributed by atoms with Crippen LogP contribution in [0.2, 0.25) is 0 Å². The van der Waals surface area contributed by atoms with Gasteiger partial charge in [-0.15, -0.1) is 0 Å². The number of alkyl carbamates (subject to hydrolysis) is 1. The Bertz CT molecular complexity index is 390. The number of amides is 1. The number of carboxylic acid groups (broad SMARTS) is 1. The van der Waals surface area contributed by atoms with Crippen LogP contribution in [0.15, 0.2) is 0 Å². The van der Waals surface area contributed by atoms with Gasteiger partial charge in [0, 0.05) is 6.04 Å². The first kappa shape index (κ1) is 17.8. The van der Waals surface area contributed by atoms with E-state index in [1.54, 1.807) is 20.8 Å². The molecule has 6 heteroatoms. The highest BCUT2D eigenvalue weighted by Gasteiger charge is 2.52. The molecule has 0 aromatic carbocycles. The maximum atomic E-state index is 11.8. The molecule has 1 fully saturated rings. The molecule has 0 spiro atoms. The second-order valence-electron chi connectivity index (χ2n) is 6.86. The Labute approximate surface area is 125 Å². The highest BCUT2D eigenvalue weighted by Crippen LogP contribution is 2.43. The van der Waals surface area contributed by atoms with Gasteiger partial charge in [0.1, 0.15) is 5.60 Å². The van der Waals surface area contributed by atoms with Crippen LogP contribution in [0.3, 0.4) is 0 Å². The second kappa shape index (κ2) is 6.64. The van der Waals surface area contributed by atoms with E-state index in [4.69, 9.17) is 4.74 Å². The quantitative estimate of drug-likeness (QED) is 0.724. The van der Waals surface area contributed by atoms with Gasteiger partial charge < -0.3 is 20.3 Å². The van der Waals surface area contributed by atoms with E-state index in [9.17, 15) is 19.8 Å². The first-order valence-electron chi connectivity index (χ1n) is 7.51. The average Bonchev–Trinajstić information content (AvgIpc) is 2.61. The lowest BCUT2D eigenvalue weighted by molar-refractivity contribution is -0.155. The zero-order valence-electron chi connectivity index (χ0n) is 13.3. The van der Waals surface area contributed by atoms with E-state index < -0.39 is 29.2 Å². The number of unbranched alkanes of at least 4 members (excludes halogenated alkanes) is 1. The molecule has 122 valence electrons. The Hall–Kier alpha value is -1.30. The van der Waals surface area contributed by atoms with Crippen molar-refractivity contribution in [3.05, 3.63) is 0 Å². The molecule has 3 unspecified atom stereocenters. The fourth-order valence-corrected chi connectivity index (χ4v) is 2.84. The number of carboxylic acids is 1. The number of hydrogen-bond donors (Lipinski definition) is 3. The molecule has 0 heterocycles. The maximum Gasteiger partial charge on any atom is 0.407 e. The van der Waals surface area contributed by atoms with E-state index in [2.05, 4.69) is 5.32 Å². The van der Waals surface area contributed by atoms with Crippen molar-refractivity contribution in [1.29, 1.82) is 0 Å². The van der Waals surface area contributed by atoms with Crippen molar-refractivity contribution < 1.29 is 24.5 Å². The van der Waals surface area contributed by atoms with Gasteiger partial charge in [0.25, 0.3) is 0 Å². The summed E-state index contributed by atoms with van der Waals surface area (Å²) in [5.74, 6) is -0.989. The second-order valence-corrected chi connectivity index (χ2v) is 6.86. The number of hydrogen-bond acceptors (Lipinski definition) is 4. The first-order valence-corrected chi connectivity index (χ1v) is 7.51. The highest BCUT2D eigenvalue weighted by atomic mass is 16.6. The van der Waals surface area contributed by atoms with E-state index in [1.807, 2.05) is 6.92 Å². The first-order chi connectivity index (χ1) is 9.60. The van der Waals surface area contributed by atoms with Crippen LogP contribution in [-0.2, 0) is 9.53 Å². The fourth-order valence-electron chi connectivity index (χ4n) is 2.84. The lowest BCUT2D eigenvalue weighted by atomic mass is 9.79. The number of nitrogens with one attached hydrogen (secondary N) is 1. The Morgan fingerprint density at radius 1 is 1.38 bits per heavy atom. The van der Waals surface area contributed by atoms with E-state index in [0.717, 1.165) is 12.8 Å². The Morgan fingerprint density at radius 3 is 2.48 bits per heavy atom. The van der Waals surface area contributed by atoms with Crippen LogP contribution in [0.25, 0.3) is 0 Å². The zero-order valence-corrected chi connectivity index (χ0v) is 13.3. The summed E-state index contributed by atoms with van der Waals surface area (Å²) in [6.45, 7) is 7.27. The van der Waals surface area contributed by atoms with Crippen LogP contribution < -0.4 is 5.32 Å². The van der Waals surface area contributed by atoms with Gasteiger partial charge in [0.15, 0.2) is 0 Å². The van der Waals surface area contributed by atoms with Crippen molar-refractivity contribution in [2.24, 2.45) is 5.41 Å². The fraction of sp³-hybridized carbons (Fsp3) is 0.867. The maximum absolute atomic E-state index is 11.8. The van der Waals surface area contributed by atoms with Gasteiger partial charge in [-0.1, -0.05) is 19.8 Å². The summed E-state index contributed by atoms with van der Waals surface area (Å²) in [6.07, 6.45) is 0.997. The zero-order chi connectivity index (χ0) is 16.3. The lowest BCUT2D eigenvalue weighted by Gasteiger charge is -2.27. The van der Waals surface area contributed by atoms with Gasteiger partial charge in [-0.05, 0) is 40.0 Å². The van der Waals surface area contributed by atoms with Crippen LogP contribution in [-0.4, -0.2) is 40.0 Å². The predicted octanol–water partition coefficient (Wildman–Crippen LogP) is 2.30. The summed E-state index contributed by atoms with van der Waals surface area (Å²) in [5, 5.41) is 22.3. The van der Waals surface area contributed by atoms with Crippen molar-refractivity contribution >= 4 is 12.1 Å². The minimum absolute atomic E-state index is 0.239. The average molecular weight is 301 g/mol. The van der Waals surface area contributed by atoms with Crippen LogP contribution in [0.4, 0.5) is 4.79 Å². The summed E-state index contributed by atoms with van der Waals surface area (Å²) >= 11 is 0. The van der Waals surface area contributed by atoms with E-state index in [0.29, 0.717) is 6.42 Å². The molecule has 0 aromatic heterocycles. The third kappa shape index (κ3) is 4.59. The van der Waals surface area contributed by atoms with E-state index in [-0.39, 0.29) is 18.9 Å². The predicted molar refractivity (Wildman–Crippen MR) is 78.0 cm³/mol. The molecular weight excluding hydrogens is 274 g/mol. The van der Waals surface area contributed by atoms with Crippen molar-refractivity contribution in [1.82, 2.24) is 5.32 Å². The third-order valence-corrected chi connectivity index (χ3v) is 3.88. The normalized spacial score (nSPS) is 29.2. The smallest absolute Gasteiger partial charge is 0.407 e. The number of rotatable bonds is 5. The number of aliphatic carboxylic acids is 1. The van der Waals surface area contributed by atoms with Crippen molar-refractivity contribution in [2.75, 3.05) is 0 Å². The van der Waals surface area contributed by atoms with Gasteiger partial charge in [-0.25, -0.2) is 4.79 Å². The Morgan fingerprint density at radius 2 is 2.00 bits per heavy atom. The van der Waals surface area contributed by atoms with Gasteiger partial charge in [0.05, 0.1) is 11.5 Å². The molecule has 21 heavy (non-hydrogen) atoms. The number of aliphatic hydroxyl groups excluding tert-OH is 1. The van der Waals surface area contributed by atoms with Gasteiger partial charge in [-0.3, -0.25) is 4.79 Å². The number of carbonyl (C=O) groups is 2. The molecule has 3 N–H and O–H groups in total. The van der Waals surface area contributed by atoms with Crippen molar-refractivity contribution in [3.63, 3.8) is 0 Å². The number of aliphatic hydroxyl groups is 1. The minimum Gasteiger partial charge on any atom is -0.481 e. The SMILES string of the molecule is CCCCC1(C(=O)O)CC(NC(=O)OC(C)(C)C)CC1O. The molecule has 1 saturated carbocycles.